The van der Waals surface area contributed by atoms with Crippen molar-refractivity contribution in [2.75, 3.05) is 11.9 Å². The van der Waals surface area contributed by atoms with Crippen LogP contribution in [0.25, 0.3) is 10.2 Å². The van der Waals surface area contributed by atoms with E-state index in [1.54, 1.807) is 18.7 Å². The first-order valence-electron chi connectivity index (χ1n) is 9.11. The van der Waals surface area contributed by atoms with E-state index in [9.17, 15) is 5.11 Å². The van der Waals surface area contributed by atoms with Crippen LogP contribution >= 0.6 is 23.1 Å². The molecule has 4 nitrogen and oxygen atoms in total. The smallest absolute Gasteiger partial charge is 0.191 e. The average Bonchev–Trinajstić information content (AvgIpc) is 3.04. The van der Waals surface area contributed by atoms with Crippen molar-refractivity contribution >= 4 is 39.1 Å². The van der Waals surface area contributed by atoms with E-state index < -0.39 is 6.10 Å². The summed E-state index contributed by atoms with van der Waals surface area (Å²) in [5, 5.41) is 15.0. The summed E-state index contributed by atoms with van der Waals surface area (Å²) in [4.78, 5) is 12.2. The summed E-state index contributed by atoms with van der Waals surface area (Å²) < 4.78 is 0. The summed E-state index contributed by atoms with van der Waals surface area (Å²) in [7, 11) is 0. The Morgan fingerprint density at radius 2 is 2.00 bits per heavy atom. The van der Waals surface area contributed by atoms with E-state index >= 15 is 0 Å². The third kappa shape index (κ3) is 3.87. The van der Waals surface area contributed by atoms with Crippen molar-refractivity contribution < 1.29 is 5.11 Å². The highest BCUT2D eigenvalue weighted by Crippen LogP contribution is 2.39. The zero-order chi connectivity index (χ0) is 17.9. The molecular formula is C20H23N3OS2. The maximum absolute atomic E-state index is 9.69. The largest absolute Gasteiger partial charge is 0.392 e. The van der Waals surface area contributed by atoms with Crippen molar-refractivity contribution in [3.8, 4) is 0 Å². The van der Waals surface area contributed by atoms with Crippen LogP contribution in [0.2, 0.25) is 0 Å². The first-order valence-corrected chi connectivity index (χ1v) is 10.9. The fraction of sp³-hybridized carbons (Fsp3) is 0.400. The minimum atomic E-state index is -0.408. The molecule has 0 amide bonds. The Labute approximate surface area is 162 Å². The number of thioether (sulfide) groups is 1. The number of benzene rings is 1. The minimum absolute atomic E-state index is 0.408. The van der Waals surface area contributed by atoms with Crippen LogP contribution in [0.1, 0.15) is 35.8 Å². The standard InChI is InChI=1S/C20H23N3OS2/c1-13(24)11-21-18-17-15-9-5-6-10-16(15)26-19(17)23-20(22-18)25-12-14-7-3-2-4-8-14/h2-4,7-8,13,24H,5-6,9-12H2,1H3,(H,21,22,23)/t13-/m1/s1. The Morgan fingerprint density at radius 3 is 2.81 bits per heavy atom. The molecule has 0 aliphatic heterocycles. The highest BCUT2D eigenvalue weighted by atomic mass is 32.2. The van der Waals surface area contributed by atoms with E-state index in [0.29, 0.717) is 6.54 Å². The van der Waals surface area contributed by atoms with Gasteiger partial charge in [0.05, 0.1) is 11.5 Å². The Bertz CT molecular complexity index is 893. The van der Waals surface area contributed by atoms with E-state index in [2.05, 4.69) is 29.6 Å². The highest BCUT2D eigenvalue weighted by Gasteiger charge is 2.21. The van der Waals surface area contributed by atoms with Crippen molar-refractivity contribution in [2.45, 2.75) is 49.6 Å². The van der Waals surface area contributed by atoms with Gasteiger partial charge in [-0.3, -0.25) is 0 Å². The molecule has 26 heavy (non-hydrogen) atoms. The first kappa shape index (κ1) is 17.8. The monoisotopic (exact) mass is 385 g/mol. The number of hydrogen-bond donors (Lipinski definition) is 2. The Kier molecular flexibility index (Phi) is 5.43. The molecule has 0 unspecified atom stereocenters. The zero-order valence-electron chi connectivity index (χ0n) is 14.9. The molecule has 1 aromatic carbocycles. The van der Waals surface area contributed by atoms with Crippen molar-refractivity contribution in [1.82, 2.24) is 9.97 Å². The lowest BCUT2D eigenvalue weighted by molar-refractivity contribution is 0.208. The molecule has 1 aliphatic carbocycles. The van der Waals surface area contributed by atoms with Gasteiger partial charge in [0, 0.05) is 17.2 Å². The quantitative estimate of drug-likeness (QED) is 0.478. The summed E-state index contributed by atoms with van der Waals surface area (Å²) in [6, 6.07) is 10.4. The number of anilines is 1. The lowest BCUT2D eigenvalue weighted by atomic mass is 9.97. The Balaban J connectivity index is 1.67. The fourth-order valence-electron chi connectivity index (χ4n) is 3.30. The molecule has 4 rings (SSSR count). The predicted octanol–water partition coefficient (Wildman–Crippen LogP) is 4.66. The van der Waals surface area contributed by atoms with Gasteiger partial charge in [-0.1, -0.05) is 42.1 Å². The van der Waals surface area contributed by atoms with Gasteiger partial charge in [-0.2, -0.15) is 0 Å². The number of aliphatic hydroxyl groups excluding tert-OH is 1. The number of nitrogens with one attached hydrogen (secondary N) is 1. The molecule has 0 radical (unpaired) electrons. The van der Waals surface area contributed by atoms with Gasteiger partial charge in [-0.15, -0.1) is 11.3 Å². The molecule has 0 fully saturated rings. The van der Waals surface area contributed by atoms with Crippen LogP contribution in [0.4, 0.5) is 5.82 Å². The Morgan fingerprint density at radius 1 is 1.19 bits per heavy atom. The maximum Gasteiger partial charge on any atom is 0.191 e. The van der Waals surface area contributed by atoms with Crippen LogP contribution in [0.15, 0.2) is 35.5 Å². The minimum Gasteiger partial charge on any atom is -0.392 e. The van der Waals surface area contributed by atoms with Crippen molar-refractivity contribution in [3.05, 3.63) is 46.3 Å². The lowest BCUT2D eigenvalue weighted by Gasteiger charge is -2.14. The molecule has 1 atom stereocenters. The van der Waals surface area contributed by atoms with Gasteiger partial charge in [-0.05, 0) is 43.7 Å². The number of aryl methyl sites for hydroxylation is 2. The average molecular weight is 386 g/mol. The predicted molar refractivity (Wildman–Crippen MR) is 110 cm³/mol. The number of thiophene rings is 1. The molecule has 1 aliphatic rings. The second kappa shape index (κ2) is 7.94. The molecule has 0 bridgehead atoms. The number of rotatable bonds is 6. The molecular weight excluding hydrogens is 362 g/mol. The van der Waals surface area contributed by atoms with Gasteiger partial charge < -0.3 is 10.4 Å². The highest BCUT2D eigenvalue weighted by molar-refractivity contribution is 7.98. The number of nitrogens with zero attached hydrogens (tertiary/aromatic N) is 2. The second-order valence-corrected chi connectivity index (χ2v) is 8.78. The molecule has 2 aromatic heterocycles. The van der Waals surface area contributed by atoms with Crippen LogP contribution in [0.3, 0.4) is 0 Å². The molecule has 0 spiro atoms. The third-order valence-corrected chi connectivity index (χ3v) is 6.67. The van der Waals surface area contributed by atoms with Crippen LogP contribution in [-0.4, -0.2) is 27.7 Å². The fourth-order valence-corrected chi connectivity index (χ4v) is 5.42. The molecule has 136 valence electrons. The van der Waals surface area contributed by atoms with Gasteiger partial charge in [0.1, 0.15) is 10.6 Å². The van der Waals surface area contributed by atoms with Crippen LogP contribution < -0.4 is 5.32 Å². The normalized spacial score (nSPS) is 15.0. The summed E-state index contributed by atoms with van der Waals surface area (Å²) in [5.41, 5.74) is 2.69. The molecule has 2 N–H and O–H groups in total. The van der Waals surface area contributed by atoms with Gasteiger partial charge in [-0.25, -0.2) is 9.97 Å². The maximum atomic E-state index is 9.69. The van der Waals surface area contributed by atoms with Gasteiger partial charge in [0.15, 0.2) is 5.16 Å². The third-order valence-electron chi connectivity index (χ3n) is 4.57. The van der Waals surface area contributed by atoms with Crippen molar-refractivity contribution in [1.29, 1.82) is 0 Å². The summed E-state index contributed by atoms with van der Waals surface area (Å²) in [5.74, 6) is 1.73. The van der Waals surface area contributed by atoms with Gasteiger partial charge >= 0.3 is 0 Å². The Hall–Kier alpha value is -1.63. The van der Waals surface area contributed by atoms with Crippen LogP contribution in [-0.2, 0) is 18.6 Å². The van der Waals surface area contributed by atoms with Crippen molar-refractivity contribution in [3.63, 3.8) is 0 Å². The number of fused-ring (bicyclic) bond motifs is 3. The molecule has 6 heteroatoms. The zero-order valence-corrected chi connectivity index (χ0v) is 16.5. The topological polar surface area (TPSA) is 58.0 Å². The summed E-state index contributed by atoms with van der Waals surface area (Å²) >= 11 is 3.48. The molecule has 2 heterocycles. The van der Waals surface area contributed by atoms with E-state index in [1.807, 2.05) is 17.4 Å². The SMILES string of the molecule is C[C@@H](O)CNc1nc(SCc2ccccc2)nc2sc3c(c12)CCCC3. The van der Waals surface area contributed by atoms with E-state index in [4.69, 9.17) is 9.97 Å². The van der Waals surface area contributed by atoms with Gasteiger partial charge in [0.25, 0.3) is 0 Å². The molecule has 0 saturated heterocycles. The number of aliphatic hydroxyl groups is 1. The van der Waals surface area contributed by atoms with E-state index in [1.165, 1.54) is 34.2 Å². The van der Waals surface area contributed by atoms with E-state index in [0.717, 1.165) is 34.4 Å². The number of hydrogen-bond acceptors (Lipinski definition) is 6. The molecule has 0 saturated carbocycles. The lowest BCUT2D eigenvalue weighted by Crippen LogP contribution is -2.16. The van der Waals surface area contributed by atoms with E-state index in [-0.39, 0.29) is 0 Å². The second-order valence-electron chi connectivity index (χ2n) is 6.75. The molecule has 3 aromatic rings. The van der Waals surface area contributed by atoms with Crippen LogP contribution in [0.5, 0.6) is 0 Å². The summed E-state index contributed by atoms with van der Waals surface area (Å²) in [6.45, 7) is 2.29. The summed E-state index contributed by atoms with van der Waals surface area (Å²) in [6.07, 6.45) is 4.35. The number of aromatic nitrogens is 2. The van der Waals surface area contributed by atoms with Crippen molar-refractivity contribution in [2.24, 2.45) is 0 Å². The van der Waals surface area contributed by atoms with Crippen LogP contribution in [0, 0.1) is 0 Å². The first-order chi connectivity index (χ1) is 12.7. The van der Waals surface area contributed by atoms with Gasteiger partial charge in [0.2, 0.25) is 0 Å².